The molecule has 1 atom stereocenters. The number of rotatable bonds is 1. The minimum atomic E-state index is -0.578. The van der Waals surface area contributed by atoms with E-state index in [4.69, 9.17) is 4.74 Å². The predicted octanol–water partition coefficient (Wildman–Crippen LogP) is 5.22. The van der Waals surface area contributed by atoms with Crippen LogP contribution >= 0.6 is 0 Å². The number of allylic oxidation sites excluding steroid dienone is 3. The standard InChI is InChI=1S/C23H24O4/c24-19-15-18-13-7-4-2-1-3-5-10-14-21(17-11-8-6-9-12-17)27-23(26)22(18)20(25)16-19/h2,4-6,8-12,15-16,21,24-25H,1,3,7,13-14H2/b4-2+,10-5+/t21-/m1/s1. The van der Waals surface area contributed by atoms with E-state index in [1.807, 2.05) is 36.4 Å². The van der Waals surface area contributed by atoms with Crippen LogP contribution in [0.4, 0.5) is 0 Å². The number of hydrogen-bond donors (Lipinski definition) is 2. The van der Waals surface area contributed by atoms with E-state index >= 15 is 0 Å². The monoisotopic (exact) mass is 364 g/mol. The van der Waals surface area contributed by atoms with Crippen LogP contribution in [0.15, 0.2) is 66.8 Å². The van der Waals surface area contributed by atoms with E-state index in [0.29, 0.717) is 18.4 Å². The van der Waals surface area contributed by atoms with Gasteiger partial charge in [0.15, 0.2) is 0 Å². The Bertz CT molecular complexity index is 837. The molecular weight excluding hydrogens is 340 g/mol. The molecule has 0 unspecified atom stereocenters. The first-order chi connectivity index (χ1) is 13.1. The predicted molar refractivity (Wildman–Crippen MR) is 105 cm³/mol. The fourth-order valence-electron chi connectivity index (χ4n) is 3.21. The molecule has 0 aliphatic carbocycles. The Morgan fingerprint density at radius 3 is 2.37 bits per heavy atom. The highest BCUT2D eigenvalue weighted by atomic mass is 16.5. The number of phenolic OH excluding ortho intramolecular Hbond substituents is 2. The lowest BCUT2D eigenvalue weighted by Gasteiger charge is -2.19. The van der Waals surface area contributed by atoms with Crippen LogP contribution < -0.4 is 0 Å². The highest BCUT2D eigenvalue weighted by Gasteiger charge is 2.23. The molecule has 1 heterocycles. The summed E-state index contributed by atoms with van der Waals surface area (Å²) in [5.41, 5.74) is 1.62. The Morgan fingerprint density at radius 1 is 0.889 bits per heavy atom. The average Bonchev–Trinajstić information content (AvgIpc) is 2.65. The third-order valence-corrected chi connectivity index (χ3v) is 4.57. The smallest absolute Gasteiger partial charge is 0.342 e. The minimum Gasteiger partial charge on any atom is -0.508 e. The van der Waals surface area contributed by atoms with Crippen LogP contribution in [0.25, 0.3) is 0 Å². The summed E-state index contributed by atoms with van der Waals surface area (Å²) in [4.78, 5) is 12.9. The molecule has 140 valence electrons. The maximum atomic E-state index is 12.9. The first kappa shape index (κ1) is 18.8. The van der Waals surface area contributed by atoms with Gasteiger partial charge in [-0.2, -0.15) is 0 Å². The van der Waals surface area contributed by atoms with E-state index in [-0.39, 0.29) is 17.1 Å². The van der Waals surface area contributed by atoms with Crippen molar-refractivity contribution in [1.29, 1.82) is 0 Å². The normalized spacial score (nSPS) is 20.7. The van der Waals surface area contributed by atoms with Crippen LogP contribution in [-0.2, 0) is 11.2 Å². The van der Waals surface area contributed by atoms with Crippen molar-refractivity contribution >= 4 is 5.97 Å². The van der Waals surface area contributed by atoms with Gasteiger partial charge >= 0.3 is 5.97 Å². The lowest BCUT2D eigenvalue weighted by Crippen LogP contribution is -2.14. The number of hydrogen-bond acceptors (Lipinski definition) is 4. The molecule has 2 N–H and O–H groups in total. The van der Waals surface area contributed by atoms with Gasteiger partial charge in [0.05, 0.1) is 0 Å². The number of cyclic esters (lactones) is 1. The van der Waals surface area contributed by atoms with Crippen molar-refractivity contribution in [2.45, 2.75) is 38.2 Å². The van der Waals surface area contributed by atoms with E-state index in [0.717, 1.165) is 24.8 Å². The van der Waals surface area contributed by atoms with Gasteiger partial charge in [0.1, 0.15) is 23.2 Å². The quantitative estimate of drug-likeness (QED) is 0.537. The van der Waals surface area contributed by atoms with E-state index < -0.39 is 12.1 Å². The van der Waals surface area contributed by atoms with Gasteiger partial charge in [-0.15, -0.1) is 0 Å². The zero-order valence-electron chi connectivity index (χ0n) is 15.2. The van der Waals surface area contributed by atoms with Crippen LogP contribution in [0.2, 0.25) is 0 Å². The number of esters is 1. The highest BCUT2D eigenvalue weighted by molar-refractivity contribution is 5.94. The van der Waals surface area contributed by atoms with E-state index in [1.54, 1.807) is 0 Å². The summed E-state index contributed by atoms with van der Waals surface area (Å²) in [6.45, 7) is 0. The van der Waals surface area contributed by atoms with E-state index in [2.05, 4.69) is 18.2 Å². The van der Waals surface area contributed by atoms with Gasteiger partial charge < -0.3 is 14.9 Å². The molecule has 1 aliphatic heterocycles. The van der Waals surface area contributed by atoms with Gasteiger partial charge in [-0.05, 0) is 42.9 Å². The molecule has 1 aliphatic rings. The SMILES string of the molecule is O=C1O[C@@H](c2ccccc2)C/C=C/CC/C=C/CCc2cc(O)cc(O)c21. The fraction of sp³-hybridized carbons (Fsp3) is 0.261. The number of carbonyl (C=O) groups is 1. The second-order valence-electron chi connectivity index (χ2n) is 6.60. The fourth-order valence-corrected chi connectivity index (χ4v) is 3.21. The Labute approximate surface area is 159 Å². The second kappa shape index (κ2) is 9.08. The number of aromatic hydroxyl groups is 2. The first-order valence-corrected chi connectivity index (χ1v) is 9.26. The van der Waals surface area contributed by atoms with E-state index in [1.165, 1.54) is 12.1 Å². The maximum Gasteiger partial charge on any atom is 0.342 e. The Kier molecular flexibility index (Phi) is 6.31. The second-order valence-corrected chi connectivity index (χ2v) is 6.60. The number of benzene rings is 2. The number of phenols is 2. The van der Waals surface area contributed by atoms with Crippen LogP contribution in [0.1, 0.15) is 53.3 Å². The van der Waals surface area contributed by atoms with Crippen LogP contribution in [0.5, 0.6) is 11.5 Å². The van der Waals surface area contributed by atoms with Crippen LogP contribution in [-0.4, -0.2) is 16.2 Å². The summed E-state index contributed by atoms with van der Waals surface area (Å²) < 4.78 is 5.78. The largest absolute Gasteiger partial charge is 0.508 e. The number of fused-ring (bicyclic) bond motifs is 1. The summed E-state index contributed by atoms with van der Waals surface area (Å²) in [5.74, 6) is -0.897. The van der Waals surface area contributed by atoms with E-state index in [9.17, 15) is 15.0 Å². The molecule has 3 rings (SSSR count). The van der Waals surface area contributed by atoms with Gasteiger partial charge in [-0.25, -0.2) is 4.79 Å². The summed E-state index contributed by atoms with van der Waals surface area (Å²) in [6, 6.07) is 12.3. The maximum absolute atomic E-state index is 12.9. The molecule has 0 radical (unpaired) electrons. The molecule has 2 aromatic carbocycles. The van der Waals surface area contributed by atoms with Gasteiger partial charge in [0.25, 0.3) is 0 Å². The van der Waals surface area contributed by atoms with Crippen molar-refractivity contribution in [3.8, 4) is 11.5 Å². The summed E-state index contributed by atoms with van der Waals surface area (Å²) in [5, 5.41) is 20.1. The Morgan fingerprint density at radius 2 is 1.59 bits per heavy atom. The minimum absolute atomic E-state index is 0.0633. The highest BCUT2D eigenvalue weighted by Crippen LogP contribution is 2.31. The van der Waals surface area contributed by atoms with Crippen molar-refractivity contribution in [2.75, 3.05) is 0 Å². The van der Waals surface area contributed by atoms with Crippen LogP contribution in [0, 0.1) is 0 Å². The van der Waals surface area contributed by atoms with Gasteiger partial charge in [-0.3, -0.25) is 0 Å². The molecule has 0 amide bonds. The van der Waals surface area contributed by atoms with Gasteiger partial charge in [0.2, 0.25) is 0 Å². The number of ether oxygens (including phenoxy) is 1. The van der Waals surface area contributed by atoms with Gasteiger partial charge in [-0.1, -0.05) is 54.6 Å². The van der Waals surface area contributed by atoms with Crippen LogP contribution in [0.3, 0.4) is 0 Å². The summed E-state index contributed by atoms with van der Waals surface area (Å²) >= 11 is 0. The Balaban J connectivity index is 1.97. The van der Waals surface area contributed by atoms with Gasteiger partial charge in [0, 0.05) is 12.5 Å². The zero-order valence-corrected chi connectivity index (χ0v) is 15.2. The summed E-state index contributed by atoms with van der Waals surface area (Å²) in [6.07, 6.45) is 11.6. The third kappa shape index (κ3) is 5.00. The molecule has 0 bridgehead atoms. The lowest BCUT2D eigenvalue weighted by atomic mass is 10.00. The van der Waals surface area contributed by atoms with Crippen molar-refractivity contribution in [3.05, 3.63) is 83.5 Å². The number of aryl methyl sites for hydroxylation is 1. The average molecular weight is 364 g/mol. The molecule has 4 nitrogen and oxygen atoms in total. The molecule has 27 heavy (non-hydrogen) atoms. The molecule has 4 heteroatoms. The molecular formula is C23H24O4. The molecule has 0 spiro atoms. The molecule has 0 aromatic heterocycles. The number of carbonyl (C=O) groups excluding carboxylic acids is 1. The van der Waals surface area contributed by atoms with Crippen molar-refractivity contribution in [3.63, 3.8) is 0 Å². The summed E-state index contributed by atoms with van der Waals surface area (Å²) in [7, 11) is 0. The molecule has 0 saturated carbocycles. The van der Waals surface area contributed by atoms with Crippen molar-refractivity contribution in [2.24, 2.45) is 0 Å². The van der Waals surface area contributed by atoms with Crippen molar-refractivity contribution in [1.82, 2.24) is 0 Å². The molecule has 2 aromatic rings. The lowest BCUT2D eigenvalue weighted by molar-refractivity contribution is 0.0298. The zero-order chi connectivity index (χ0) is 19.1. The Hall–Kier alpha value is -3.01. The topological polar surface area (TPSA) is 66.8 Å². The third-order valence-electron chi connectivity index (χ3n) is 4.57. The first-order valence-electron chi connectivity index (χ1n) is 9.26. The molecule has 0 fully saturated rings. The molecule has 0 saturated heterocycles. The van der Waals surface area contributed by atoms with Crippen molar-refractivity contribution < 1.29 is 19.7 Å².